The number of halogens is 1. The van der Waals surface area contributed by atoms with Crippen molar-refractivity contribution in [1.29, 1.82) is 0 Å². The average Bonchev–Trinajstić information content (AvgIpc) is 3.06. The number of amides is 1. The van der Waals surface area contributed by atoms with Gasteiger partial charge in [-0.25, -0.2) is 5.43 Å². The van der Waals surface area contributed by atoms with Crippen LogP contribution in [-0.4, -0.2) is 24.0 Å². The number of hydrogen-bond acceptors (Lipinski definition) is 4. The van der Waals surface area contributed by atoms with Crippen molar-refractivity contribution in [1.82, 2.24) is 21.2 Å². The van der Waals surface area contributed by atoms with E-state index in [4.69, 9.17) is 11.6 Å². The second-order valence-corrected chi connectivity index (χ2v) is 5.96. The Labute approximate surface area is 140 Å². The highest BCUT2D eigenvalue weighted by Gasteiger charge is 2.33. The van der Waals surface area contributed by atoms with Crippen LogP contribution in [0.1, 0.15) is 17.3 Å². The zero-order valence-electron chi connectivity index (χ0n) is 12.6. The number of hydrazine groups is 1. The van der Waals surface area contributed by atoms with Crippen molar-refractivity contribution in [2.45, 2.75) is 12.5 Å². The number of aromatic nitrogens is 1. The Hall–Kier alpha value is -1.95. The standard InChI is InChI=1S/C17H19ClN4O/c18-13-6-4-12(5-7-13)16-15(11-21-22-16)17(23)20-10-8-14-3-1-2-9-19-14/h1-7,9,15-16,21-22H,8,10-11H2,(H,20,23). The number of carbonyl (C=O) groups excluding carboxylic acids is 1. The number of benzene rings is 1. The summed E-state index contributed by atoms with van der Waals surface area (Å²) in [6, 6.07) is 13.3. The number of nitrogens with one attached hydrogen (secondary N) is 3. The first-order valence-corrected chi connectivity index (χ1v) is 8.03. The van der Waals surface area contributed by atoms with Crippen LogP contribution in [0.25, 0.3) is 0 Å². The Balaban J connectivity index is 1.56. The number of nitrogens with zero attached hydrogens (tertiary/aromatic N) is 1. The van der Waals surface area contributed by atoms with Crippen molar-refractivity contribution >= 4 is 17.5 Å². The third-order valence-electron chi connectivity index (χ3n) is 3.95. The zero-order valence-corrected chi connectivity index (χ0v) is 13.4. The monoisotopic (exact) mass is 330 g/mol. The molecule has 1 amide bonds. The molecule has 0 aliphatic carbocycles. The van der Waals surface area contributed by atoms with E-state index in [2.05, 4.69) is 21.2 Å². The Kier molecular flexibility index (Phi) is 5.23. The van der Waals surface area contributed by atoms with Crippen LogP contribution in [0.15, 0.2) is 48.7 Å². The second-order valence-electron chi connectivity index (χ2n) is 5.52. The largest absolute Gasteiger partial charge is 0.355 e. The number of pyridine rings is 1. The Bertz CT molecular complexity index is 647. The molecular formula is C17H19ClN4O. The molecule has 0 radical (unpaired) electrons. The van der Waals surface area contributed by atoms with Gasteiger partial charge < -0.3 is 5.32 Å². The van der Waals surface area contributed by atoms with Gasteiger partial charge in [0.1, 0.15) is 0 Å². The van der Waals surface area contributed by atoms with Gasteiger partial charge in [-0.1, -0.05) is 29.8 Å². The van der Waals surface area contributed by atoms with E-state index in [0.717, 1.165) is 17.7 Å². The van der Waals surface area contributed by atoms with E-state index in [9.17, 15) is 4.79 Å². The second kappa shape index (κ2) is 7.55. The molecule has 0 bridgehead atoms. The summed E-state index contributed by atoms with van der Waals surface area (Å²) in [7, 11) is 0. The minimum absolute atomic E-state index is 0.0402. The summed E-state index contributed by atoms with van der Waals surface area (Å²) < 4.78 is 0. The molecule has 0 spiro atoms. The van der Waals surface area contributed by atoms with Gasteiger partial charge >= 0.3 is 0 Å². The van der Waals surface area contributed by atoms with Crippen molar-refractivity contribution in [3.8, 4) is 0 Å². The molecule has 3 rings (SSSR count). The summed E-state index contributed by atoms with van der Waals surface area (Å²) in [4.78, 5) is 16.7. The van der Waals surface area contributed by atoms with Gasteiger partial charge in [-0.2, -0.15) is 0 Å². The van der Waals surface area contributed by atoms with Crippen LogP contribution in [-0.2, 0) is 11.2 Å². The fraction of sp³-hybridized carbons (Fsp3) is 0.294. The summed E-state index contributed by atoms with van der Waals surface area (Å²) in [6.45, 7) is 1.18. The van der Waals surface area contributed by atoms with E-state index in [0.29, 0.717) is 18.1 Å². The van der Waals surface area contributed by atoms with Gasteiger partial charge in [0.2, 0.25) is 5.91 Å². The zero-order chi connectivity index (χ0) is 16.1. The van der Waals surface area contributed by atoms with Crippen molar-refractivity contribution in [3.05, 3.63) is 64.9 Å². The van der Waals surface area contributed by atoms with E-state index in [1.165, 1.54) is 0 Å². The summed E-state index contributed by atoms with van der Waals surface area (Å²) in [5, 5.41) is 3.69. The van der Waals surface area contributed by atoms with Gasteiger partial charge in [-0.15, -0.1) is 0 Å². The molecule has 1 saturated heterocycles. The summed E-state index contributed by atoms with van der Waals surface area (Å²) in [6.07, 6.45) is 2.49. The predicted octanol–water partition coefficient (Wildman–Crippen LogP) is 1.86. The maximum Gasteiger partial charge on any atom is 0.226 e. The molecular weight excluding hydrogens is 312 g/mol. The topological polar surface area (TPSA) is 66.0 Å². The third kappa shape index (κ3) is 4.07. The Morgan fingerprint density at radius 2 is 2.09 bits per heavy atom. The van der Waals surface area contributed by atoms with Crippen LogP contribution < -0.4 is 16.2 Å². The SMILES string of the molecule is O=C(NCCc1ccccn1)C1CNNC1c1ccc(Cl)cc1. The van der Waals surface area contributed by atoms with Crippen LogP contribution in [0.5, 0.6) is 0 Å². The molecule has 120 valence electrons. The predicted molar refractivity (Wildman–Crippen MR) is 89.8 cm³/mol. The van der Waals surface area contributed by atoms with Crippen LogP contribution in [0.3, 0.4) is 0 Å². The third-order valence-corrected chi connectivity index (χ3v) is 4.21. The van der Waals surface area contributed by atoms with Crippen molar-refractivity contribution < 1.29 is 4.79 Å². The number of hydrogen-bond donors (Lipinski definition) is 3. The van der Waals surface area contributed by atoms with Crippen molar-refractivity contribution in [2.75, 3.05) is 13.1 Å². The van der Waals surface area contributed by atoms with Gasteiger partial charge in [-0.3, -0.25) is 15.2 Å². The highest BCUT2D eigenvalue weighted by molar-refractivity contribution is 6.30. The van der Waals surface area contributed by atoms with Gasteiger partial charge in [0, 0.05) is 36.4 Å². The maximum atomic E-state index is 12.4. The lowest BCUT2D eigenvalue weighted by Gasteiger charge is -2.18. The summed E-state index contributed by atoms with van der Waals surface area (Å²) in [5.41, 5.74) is 8.26. The van der Waals surface area contributed by atoms with E-state index < -0.39 is 0 Å². The molecule has 2 unspecified atom stereocenters. The summed E-state index contributed by atoms with van der Waals surface area (Å²) in [5.74, 6) is -0.113. The smallest absolute Gasteiger partial charge is 0.226 e. The van der Waals surface area contributed by atoms with Crippen molar-refractivity contribution in [2.24, 2.45) is 5.92 Å². The van der Waals surface area contributed by atoms with E-state index in [1.807, 2.05) is 42.5 Å². The first-order valence-electron chi connectivity index (χ1n) is 7.65. The minimum Gasteiger partial charge on any atom is -0.355 e. The molecule has 2 heterocycles. The molecule has 1 aromatic carbocycles. The molecule has 2 aromatic rings. The maximum absolute atomic E-state index is 12.4. The first kappa shape index (κ1) is 15.9. The molecule has 1 aromatic heterocycles. The average molecular weight is 331 g/mol. The van der Waals surface area contributed by atoms with Crippen LogP contribution in [0.2, 0.25) is 5.02 Å². The highest BCUT2D eigenvalue weighted by Crippen LogP contribution is 2.26. The lowest BCUT2D eigenvalue weighted by atomic mass is 9.94. The molecule has 0 saturated carbocycles. The molecule has 3 N–H and O–H groups in total. The molecule has 1 aliphatic heterocycles. The van der Waals surface area contributed by atoms with Crippen LogP contribution in [0.4, 0.5) is 0 Å². The van der Waals surface area contributed by atoms with Gasteiger partial charge in [0.05, 0.1) is 12.0 Å². The molecule has 1 fully saturated rings. The molecule has 23 heavy (non-hydrogen) atoms. The lowest BCUT2D eigenvalue weighted by Crippen LogP contribution is -2.36. The van der Waals surface area contributed by atoms with Crippen LogP contribution in [0, 0.1) is 5.92 Å². The molecule has 1 aliphatic rings. The fourth-order valence-corrected chi connectivity index (χ4v) is 2.84. The van der Waals surface area contributed by atoms with E-state index >= 15 is 0 Å². The molecule has 2 atom stereocenters. The number of rotatable bonds is 5. The number of carbonyl (C=O) groups is 1. The van der Waals surface area contributed by atoms with Crippen LogP contribution >= 0.6 is 11.6 Å². The lowest BCUT2D eigenvalue weighted by molar-refractivity contribution is -0.124. The van der Waals surface area contributed by atoms with Gasteiger partial charge in [-0.05, 0) is 29.8 Å². The van der Waals surface area contributed by atoms with E-state index in [1.54, 1.807) is 6.20 Å². The Morgan fingerprint density at radius 1 is 1.26 bits per heavy atom. The molecule has 6 heteroatoms. The normalized spacial score (nSPS) is 20.4. The Morgan fingerprint density at radius 3 is 2.83 bits per heavy atom. The van der Waals surface area contributed by atoms with Crippen molar-refractivity contribution in [3.63, 3.8) is 0 Å². The molecule has 5 nitrogen and oxygen atoms in total. The minimum atomic E-state index is -0.153. The highest BCUT2D eigenvalue weighted by atomic mass is 35.5. The summed E-state index contributed by atoms with van der Waals surface area (Å²) >= 11 is 5.92. The quantitative estimate of drug-likeness (QED) is 0.783. The van der Waals surface area contributed by atoms with E-state index in [-0.39, 0.29) is 17.9 Å². The first-order chi connectivity index (χ1) is 11.2. The fourth-order valence-electron chi connectivity index (χ4n) is 2.72. The van der Waals surface area contributed by atoms with Gasteiger partial charge in [0.15, 0.2) is 0 Å². The van der Waals surface area contributed by atoms with Gasteiger partial charge in [0.25, 0.3) is 0 Å².